The molecule has 0 fully saturated rings. The number of nitrogens with zero attached hydrogens (tertiary/aromatic N) is 1. The lowest BCUT2D eigenvalue weighted by Crippen LogP contribution is -2.38. The van der Waals surface area contributed by atoms with Crippen LogP contribution in [-0.2, 0) is 4.79 Å². The number of aliphatic hydroxyl groups excluding tert-OH is 1. The molecule has 26 heavy (non-hydrogen) atoms. The van der Waals surface area contributed by atoms with Crippen LogP contribution in [0.5, 0.6) is 5.75 Å². The number of hydrogen-bond donors (Lipinski definition) is 4. The third-order valence-electron chi connectivity index (χ3n) is 4.00. The number of ether oxygens (including phenoxy) is 1. The number of benzene rings is 1. The molecule has 1 atom stereocenters. The second kappa shape index (κ2) is 10.3. The molecular formula is C18H27ClN4O3. The van der Waals surface area contributed by atoms with Crippen LogP contribution in [0, 0.1) is 0 Å². The maximum atomic E-state index is 11.4. The van der Waals surface area contributed by atoms with Crippen LogP contribution < -0.4 is 20.7 Å². The number of aliphatic hydroxyl groups is 1. The van der Waals surface area contributed by atoms with E-state index in [0.717, 1.165) is 31.9 Å². The van der Waals surface area contributed by atoms with Crippen molar-refractivity contribution >= 4 is 23.1 Å². The van der Waals surface area contributed by atoms with Crippen molar-refractivity contribution in [1.29, 1.82) is 0 Å². The van der Waals surface area contributed by atoms with E-state index in [1.807, 2.05) is 25.3 Å². The van der Waals surface area contributed by atoms with Crippen molar-refractivity contribution in [2.75, 3.05) is 44.7 Å². The number of halogens is 1. The van der Waals surface area contributed by atoms with Gasteiger partial charge >= 0.3 is 0 Å². The number of ketones is 1. The monoisotopic (exact) mass is 382 g/mol. The van der Waals surface area contributed by atoms with Crippen molar-refractivity contribution in [2.45, 2.75) is 20.0 Å². The summed E-state index contributed by atoms with van der Waals surface area (Å²) >= 11 is 6.22. The molecule has 0 bridgehead atoms. The minimum Gasteiger partial charge on any atom is -0.491 e. The fourth-order valence-corrected chi connectivity index (χ4v) is 2.82. The van der Waals surface area contributed by atoms with Gasteiger partial charge < -0.3 is 30.7 Å². The fraction of sp³-hybridized carbons (Fsp3) is 0.500. The van der Waals surface area contributed by atoms with Gasteiger partial charge in [0.1, 0.15) is 12.4 Å². The van der Waals surface area contributed by atoms with Gasteiger partial charge in [-0.1, -0.05) is 11.6 Å². The predicted octanol–water partition coefficient (Wildman–Crippen LogP) is 1.39. The quantitative estimate of drug-likeness (QED) is 0.430. The van der Waals surface area contributed by atoms with Crippen LogP contribution in [0.4, 0.5) is 5.69 Å². The molecule has 0 radical (unpaired) electrons. The number of anilines is 1. The van der Waals surface area contributed by atoms with E-state index in [9.17, 15) is 4.79 Å². The molecule has 1 heterocycles. The number of nitrogens with one attached hydrogen (secondary N) is 3. The van der Waals surface area contributed by atoms with Crippen molar-refractivity contribution in [1.82, 2.24) is 15.5 Å². The maximum absolute atomic E-state index is 11.4. The zero-order chi connectivity index (χ0) is 18.9. The first-order chi connectivity index (χ1) is 12.5. The van der Waals surface area contributed by atoms with Gasteiger partial charge in [0.05, 0.1) is 29.2 Å². The van der Waals surface area contributed by atoms with E-state index in [-0.39, 0.29) is 25.2 Å². The van der Waals surface area contributed by atoms with Crippen molar-refractivity contribution in [3.05, 3.63) is 35.1 Å². The van der Waals surface area contributed by atoms with Crippen molar-refractivity contribution < 1.29 is 14.6 Å². The van der Waals surface area contributed by atoms with Crippen LogP contribution in [0.1, 0.15) is 13.8 Å². The Morgan fingerprint density at radius 1 is 1.38 bits per heavy atom. The van der Waals surface area contributed by atoms with Gasteiger partial charge in [-0.2, -0.15) is 0 Å². The predicted molar refractivity (Wildman–Crippen MR) is 103 cm³/mol. The Labute approximate surface area is 159 Å². The maximum Gasteiger partial charge on any atom is 0.177 e. The van der Waals surface area contributed by atoms with Crippen LogP contribution in [0.3, 0.4) is 0 Å². The van der Waals surface area contributed by atoms with Crippen molar-refractivity contribution in [3.63, 3.8) is 0 Å². The number of carbonyl (C=O) groups excluding carboxylic acids is 1. The fourth-order valence-electron chi connectivity index (χ4n) is 2.58. The zero-order valence-electron chi connectivity index (χ0n) is 15.2. The van der Waals surface area contributed by atoms with Crippen LogP contribution >= 0.6 is 11.6 Å². The highest BCUT2D eigenvalue weighted by Gasteiger charge is 2.20. The minimum absolute atomic E-state index is 0.0264. The topological polar surface area (TPSA) is 85.9 Å². The van der Waals surface area contributed by atoms with Gasteiger partial charge in [0.25, 0.3) is 0 Å². The third kappa shape index (κ3) is 6.09. The first-order valence-electron chi connectivity index (χ1n) is 8.74. The average molecular weight is 383 g/mol. The van der Waals surface area contributed by atoms with Crippen molar-refractivity contribution in [3.8, 4) is 5.75 Å². The lowest BCUT2D eigenvalue weighted by atomic mass is 10.3. The average Bonchev–Trinajstić information content (AvgIpc) is 2.98. The zero-order valence-corrected chi connectivity index (χ0v) is 16.0. The molecule has 1 aliphatic rings. The molecule has 1 aromatic carbocycles. The van der Waals surface area contributed by atoms with E-state index in [1.54, 1.807) is 13.0 Å². The summed E-state index contributed by atoms with van der Waals surface area (Å²) in [4.78, 5) is 13.5. The van der Waals surface area contributed by atoms with E-state index >= 15 is 0 Å². The van der Waals surface area contributed by atoms with Crippen LogP contribution in [-0.4, -0.2) is 61.3 Å². The molecule has 0 aliphatic carbocycles. The number of Topliss-reactive ketones (excluding diaryl/α,β-unsaturated/α-hetero) is 1. The molecule has 4 N–H and O–H groups in total. The van der Waals surface area contributed by atoms with Gasteiger partial charge in [-0.3, -0.25) is 4.79 Å². The summed E-state index contributed by atoms with van der Waals surface area (Å²) < 4.78 is 5.32. The van der Waals surface area contributed by atoms with Gasteiger partial charge in [-0.25, -0.2) is 0 Å². The number of hydrogen-bond acceptors (Lipinski definition) is 7. The van der Waals surface area contributed by atoms with Crippen LogP contribution in [0.15, 0.2) is 30.1 Å². The van der Waals surface area contributed by atoms with E-state index < -0.39 is 0 Å². The second-order valence-electron chi connectivity index (χ2n) is 6.05. The Bertz CT molecular complexity index is 639. The lowest BCUT2D eigenvalue weighted by Gasteiger charge is -2.22. The lowest BCUT2D eigenvalue weighted by molar-refractivity contribution is -0.113. The molecule has 1 aromatic rings. The van der Waals surface area contributed by atoms with Crippen LogP contribution in [0.25, 0.3) is 0 Å². The Morgan fingerprint density at radius 2 is 2.19 bits per heavy atom. The SMILES string of the molecule is CC(=O)C1=CN(CCNCCNc2ccc(OCCO)cc2Cl)C(C)N1. The molecule has 1 unspecified atom stereocenters. The van der Waals surface area contributed by atoms with E-state index in [0.29, 0.717) is 16.5 Å². The standard InChI is InChI=1S/C18H27ClN4O3/c1-13(25)18-12-23(14(2)22-18)8-7-20-5-6-21-17-4-3-15(11-16(17)19)26-10-9-24/h3-4,11-12,14,20-22,24H,5-10H2,1-2H3. The largest absolute Gasteiger partial charge is 0.491 e. The third-order valence-corrected chi connectivity index (χ3v) is 4.31. The second-order valence-corrected chi connectivity index (χ2v) is 6.45. The Balaban J connectivity index is 1.64. The number of allylic oxidation sites excluding steroid dienone is 1. The molecule has 0 saturated heterocycles. The van der Waals surface area contributed by atoms with Gasteiger partial charge in [0.2, 0.25) is 0 Å². The summed E-state index contributed by atoms with van der Waals surface area (Å²) in [5, 5.41) is 19.1. The first-order valence-corrected chi connectivity index (χ1v) is 9.12. The molecule has 0 saturated carbocycles. The number of rotatable bonds is 11. The van der Waals surface area contributed by atoms with E-state index in [2.05, 4.69) is 20.9 Å². The molecule has 0 aromatic heterocycles. The first kappa shape index (κ1) is 20.4. The molecule has 1 aliphatic heterocycles. The van der Waals surface area contributed by atoms with Gasteiger partial charge in [-0.05, 0) is 19.1 Å². The normalized spacial score (nSPS) is 16.2. The molecule has 144 valence electrons. The minimum atomic E-state index is -0.0264. The molecule has 0 spiro atoms. The smallest absolute Gasteiger partial charge is 0.177 e. The van der Waals surface area contributed by atoms with Crippen molar-refractivity contribution in [2.24, 2.45) is 0 Å². The van der Waals surface area contributed by atoms with Gasteiger partial charge in [0, 0.05) is 45.4 Å². The molecule has 2 rings (SSSR count). The number of carbonyl (C=O) groups is 1. The summed E-state index contributed by atoms with van der Waals surface area (Å²) in [5.41, 5.74) is 1.51. The van der Waals surface area contributed by atoms with Gasteiger partial charge in [0.15, 0.2) is 5.78 Å². The molecule has 8 heteroatoms. The molecule has 0 amide bonds. The summed E-state index contributed by atoms with van der Waals surface area (Å²) in [6.07, 6.45) is 2.02. The summed E-state index contributed by atoms with van der Waals surface area (Å²) in [5.74, 6) is 0.695. The Hall–Kier alpha value is -1.96. The Kier molecular flexibility index (Phi) is 8.03. The van der Waals surface area contributed by atoms with Crippen LogP contribution in [0.2, 0.25) is 5.02 Å². The molecule has 7 nitrogen and oxygen atoms in total. The van der Waals surface area contributed by atoms with E-state index in [4.69, 9.17) is 21.4 Å². The van der Waals surface area contributed by atoms with Gasteiger partial charge in [-0.15, -0.1) is 0 Å². The van der Waals surface area contributed by atoms with E-state index in [1.165, 1.54) is 0 Å². The summed E-state index contributed by atoms with van der Waals surface area (Å²) in [6, 6.07) is 5.41. The molecular weight excluding hydrogens is 356 g/mol. The highest BCUT2D eigenvalue weighted by Crippen LogP contribution is 2.26. The highest BCUT2D eigenvalue weighted by atomic mass is 35.5. The summed E-state index contributed by atoms with van der Waals surface area (Å²) in [7, 11) is 0. The highest BCUT2D eigenvalue weighted by molar-refractivity contribution is 6.33. The summed E-state index contributed by atoms with van der Waals surface area (Å²) in [6.45, 7) is 6.98. The Morgan fingerprint density at radius 3 is 2.85 bits per heavy atom.